The van der Waals surface area contributed by atoms with E-state index >= 15 is 0 Å². The molecular weight excluding hydrogens is 214 g/mol. The van der Waals surface area contributed by atoms with E-state index in [9.17, 15) is 4.79 Å². The molecule has 0 radical (unpaired) electrons. The van der Waals surface area contributed by atoms with Crippen molar-refractivity contribution in [1.82, 2.24) is 9.88 Å². The SMILES string of the molecule is CC1CCCCN1C(=O)c1ccc(C#N)cn1. The van der Waals surface area contributed by atoms with Gasteiger partial charge in [-0.25, -0.2) is 4.98 Å². The molecule has 0 spiro atoms. The lowest BCUT2D eigenvalue weighted by Gasteiger charge is -2.33. The summed E-state index contributed by atoms with van der Waals surface area (Å²) >= 11 is 0. The van der Waals surface area contributed by atoms with Gasteiger partial charge in [0.05, 0.1) is 5.56 Å². The quantitative estimate of drug-likeness (QED) is 0.739. The molecule has 0 aromatic carbocycles. The van der Waals surface area contributed by atoms with Gasteiger partial charge in [-0.1, -0.05) is 0 Å². The molecule has 0 N–H and O–H groups in total. The summed E-state index contributed by atoms with van der Waals surface area (Å²) in [6.45, 7) is 2.88. The zero-order valence-electron chi connectivity index (χ0n) is 9.89. The molecule has 0 saturated carbocycles. The molecule has 0 aliphatic carbocycles. The molecule has 1 aromatic heterocycles. The van der Waals surface area contributed by atoms with Gasteiger partial charge in [0.15, 0.2) is 0 Å². The summed E-state index contributed by atoms with van der Waals surface area (Å²) < 4.78 is 0. The molecule has 1 unspecified atom stereocenters. The van der Waals surface area contributed by atoms with Gasteiger partial charge in [0.2, 0.25) is 0 Å². The number of nitrogens with zero attached hydrogens (tertiary/aromatic N) is 3. The average Bonchev–Trinajstić information content (AvgIpc) is 2.39. The first kappa shape index (κ1) is 11.6. The summed E-state index contributed by atoms with van der Waals surface area (Å²) in [6.07, 6.45) is 4.75. The fraction of sp³-hybridized carbons (Fsp3) is 0.462. The van der Waals surface area contributed by atoms with Crippen LogP contribution < -0.4 is 0 Å². The lowest BCUT2D eigenvalue weighted by Crippen LogP contribution is -2.42. The number of pyridine rings is 1. The molecule has 1 atom stereocenters. The standard InChI is InChI=1S/C13H15N3O/c1-10-4-2-3-7-16(10)13(17)12-6-5-11(8-14)9-15-12/h5-6,9-10H,2-4,7H2,1H3. The van der Waals surface area contributed by atoms with Crippen molar-refractivity contribution < 1.29 is 4.79 Å². The molecular formula is C13H15N3O. The molecule has 1 amide bonds. The minimum absolute atomic E-state index is 0.0262. The summed E-state index contributed by atoms with van der Waals surface area (Å²) in [5, 5.41) is 8.67. The fourth-order valence-corrected chi connectivity index (χ4v) is 2.13. The first-order valence-electron chi connectivity index (χ1n) is 5.89. The molecule has 0 bridgehead atoms. The van der Waals surface area contributed by atoms with Crippen molar-refractivity contribution in [2.45, 2.75) is 32.2 Å². The van der Waals surface area contributed by atoms with Crippen molar-refractivity contribution in [2.75, 3.05) is 6.54 Å². The van der Waals surface area contributed by atoms with E-state index < -0.39 is 0 Å². The summed E-state index contributed by atoms with van der Waals surface area (Å²) in [7, 11) is 0. The molecule has 2 heterocycles. The van der Waals surface area contributed by atoms with Crippen molar-refractivity contribution >= 4 is 5.91 Å². The average molecular weight is 229 g/mol. The van der Waals surface area contributed by atoms with Crippen molar-refractivity contribution in [1.29, 1.82) is 5.26 Å². The predicted molar refractivity (Wildman–Crippen MR) is 63.3 cm³/mol. The number of aromatic nitrogens is 1. The Kier molecular flexibility index (Phi) is 3.38. The third-order valence-electron chi connectivity index (χ3n) is 3.18. The maximum absolute atomic E-state index is 12.2. The van der Waals surface area contributed by atoms with Gasteiger partial charge < -0.3 is 4.90 Å². The van der Waals surface area contributed by atoms with Crippen molar-refractivity contribution in [3.63, 3.8) is 0 Å². The highest BCUT2D eigenvalue weighted by molar-refractivity contribution is 5.92. The highest BCUT2D eigenvalue weighted by Gasteiger charge is 2.24. The molecule has 2 rings (SSSR count). The van der Waals surface area contributed by atoms with Crippen LogP contribution in [0.4, 0.5) is 0 Å². The van der Waals surface area contributed by atoms with Crippen LogP contribution >= 0.6 is 0 Å². The number of carbonyl (C=O) groups excluding carboxylic acids is 1. The Balaban J connectivity index is 2.15. The Bertz CT molecular complexity index is 447. The number of likely N-dealkylation sites (tertiary alicyclic amines) is 1. The minimum atomic E-state index is -0.0262. The molecule has 1 fully saturated rings. The van der Waals surface area contributed by atoms with Gasteiger partial charge in [0.25, 0.3) is 5.91 Å². The Morgan fingerprint density at radius 3 is 2.94 bits per heavy atom. The number of nitriles is 1. The second-order valence-electron chi connectivity index (χ2n) is 4.39. The van der Waals surface area contributed by atoms with E-state index in [1.807, 2.05) is 11.0 Å². The van der Waals surface area contributed by atoms with Crippen LogP contribution in [0.3, 0.4) is 0 Å². The minimum Gasteiger partial charge on any atom is -0.335 e. The molecule has 1 aliphatic heterocycles. The largest absolute Gasteiger partial charge is 0.335 e. The molecule has 4 nitrogen and oxygen atoms in total. The van der Waals surface area contributed by atoms with Gasteiger partial charge in [-0.05, 0) is 38.3 Å². The highest BCUT2D eigenvalue weighted by atomic mass is 16.2. The third-order valence-corrected chi connectivity index (χ3v) is 3.18. The summed E-state index contributed by atoms with van der Waals surface area (Å²) in [6, 6.07) is 5.54. The van der Waals surface area contributed by atoms with Crippen molar-refractivity contribution in [2.24, 2.45) is 0 Å². The van der Waals surface area contributed by atoms with Crippen LogP contribution in [0.5, 0.6) is 0 Å². The topological polar surface area (TPSA) is 57.0 Å². The van der Waals surface area contributed by atoms with E-state index in [4.69, 9.17) is 5.26 Å². The second kappa shape index (κ2) is 4.96. The smallest absolute Gasteiger partial charge is 0.272 e. The number of rotatable bonds is 1. The van der Waals surface area contributed by atoms with E-state index in [0.29, 0.717) is 11.3 Å². The van der Waals surface area contributed by atoms with Crippen molar-refractivity contribution in [3.05, 3.63) is 29.6 Å². The number of amides is 1. The zero-order chi connectivity index (χ0) is 12.3. The Morgan fingerprint density at radius 2 is 2.35 bits per heavy atom. The van der Waals surface area contributed by atoms with Crippen LogP contribution in [0.25, 0.3) is 0 Å². The summed E-state index contributed by atoms with van der Waals surface area (Å²) in [5.41, 5.74) is 0.908. The molecule has 88 valence electrons. The van der Waals surface area contributed by atoms with Gasteiger partial charge in [-0.2, -0.15) is 5.26 Å². The fourth-order valence-electron chi connectivity index (χ4n) is 2.13. The molecule has 17 heavy (non-hydrogen) atoms. The van der Waals surface area contributed by atoms with E-state index in [1.54, 1.807) is 12.1 Å². The number of piperidine rings is 1. The summed E-state index contributed by atoms with van der Waals surface area (Å²) in [5.74, 6) is -0.0262. The van der Waals surface area contributed by atoms with Crippen LogP contribution in [-0.4, -0.2) is 28.4 Å². The Morgan fingerprint density at radius 1 is 1.53 bits per heavy atom. The monoisotopic (exact) mass is 229 g/mol. The first-order valence-corrected chi connectivity index (χ1v) is 5.89. The van der Waals surface area contributed by atoms with E-state index in [-0.39, 0.29) is 11.9 Å². The van der Waals surface area contributed by atoms with E-state index in [2.05, 4.69) is 11.9 Å². The predicted octanol–water partition coefficient (Wildman–Crippen LogP) is 1.97. The number of carbonyl (C=O) groups is 1. The Labute approximate surface area is 101 Å². The zero-order valence-corrected chi connectivity index (χ0v) is 9.89. The molecule has 4 heteroatoms. The lowest BCUT2D eigenvalue weighted by atomic mass is 10.0. The van der Waals surface area contributed by atoms with Crippen LogP contribution in [0.1, 0.15) is 42.2 Å². The van der Waals surface area contributed by atoms with Gasteiger partial charge in [-0.3, -0.25) is 4.79 Å². The lowest BCUT2D eigenvalue weighted by molar-refractivity contribution is 0.0629. The van der Waals surface area contributed by atoms with Crippen LogP contribution in [0, 0.1) is 11.3 Å². The van der Waals surface area contributed by atoms with Gasteiger partial charge >= 0.3 is 0 Å². The van der Waals surface area contributed by atoms with Crippen LogP contribution in [0.15, 0.2) is 18.3 Å². The van der Waals surface area contributed by atoms with Crippen LogP contribution in [-0.2, 0) is 0 Å². The normalized spacial score (nSPS) is 19.8. The number of hydrogen-bond donors (Lipinski definition) is 0. The molecule has 1 aromatic rings. The van der Waals surface area contributed by atoms with Gasteiger partial charge in [0.1, 0.15) is 11.8 Å². The van der Waals surface area contributed by atoms with Crippen LogP contribution in [0.2, 0.25) is 0 Å². The second-order valence-corrected chi connectivity index (χ2v) is 4.39. The highest BCUT2D eigenvalue weighted by Crippen LogP contribution is 2.18. The van der Waals surface area contributed by atoms with E-state index in [1.165, 1.54) is 12.6 Å². The molecule has 1 saturated heterocycles. The third kappa shape index (κ3) is 2.44. The van der Waals surface area contributed by atoms with E-state index in [0.717, 1.165) is 19.4 Å². The first-order chi connectivity index (χ1) is 8.22. The Hall–Kier alpha value is -1.89. The van der Waals surface area contributed by atoms with Gasteiger partial charge in [-0.15, -0.1) is 0 Å². The maximum atomic E-state index is 12.2. The van der Waals surface area contributed by atoms with Gasteiger partial charge in [0, 0.05) is 18.8 Å². The summed E-state index contributed by atoms with van der Waals surface area (Å²) in [4.78, 5) is 18.1. The molecule has 1 aliphatic rings. The maximum Gasteiger partial charge on any atom is 0.272 e. The number of hydrogen-bond acceptors (Lipinski definition) is 3. The van der Waals surface area contributed by atoms with Crippen molar-refractivity contribution in [3.8, 4) is 6.07 Å².